The molecule has 6 heteroatoms. The summed E-state index contributed by atoms with van der Waals surface area (Å²) < 4.78 is 0. The maximum Gasteiger partial charge on any atom is 0.262 e. The van der Waals surface area contributed by atoms with Crippen LogP contribution in [0.1, 0.15) is 39.4 Å². The van der Waals surface area contributed by atoms with Crippen molar-refractivity contribution in [3.63, 3.8) is 0 Å². The zero-order chi connectivity index (χ0) is 16.4. The summed E-state index contributed by atoms with van der Waals surface area (Å²) in [5, 5.41) is 2.74. The molecule has 0 fully saturated rings. The molecule has 1 unspecified atom stereocenters. The van der Waals surface area contributed by atoms with E-state index in [1.54, 1.807) is 49.5 Å². The Labute approximate surface area is 133 Å². The van der Waals surface area contributed by atoms with Crippen molar-refractivity contribution < 1.29 is 14.4 Å². The van der Waals surface area contributed by atoms with E-state index in [9.17, 15) is 14.4 Å². The molecular formula is C17H15N3O3. The molecule has 2 heterocycles. The van der Waals surface area contributed by atoms with Crippen LogP contribution in [-0.2, 0) is 4.79 Å². The molecule has 0 bridgehead atoms. The first-order valence-electron chi connectivity index (χ1n) is 7.23. The molecule has 0 saturated carbocycles. The van der Waals surface area contributed by atoms with Crippen LogP contribution in [-0.4, -0.2) is 34.2 Å². The van der Waals surface area contributed by atoms with Gasteiger partial charge in [0.05, 0.1) is 22.9 Å². The number of benzene rings is 1. The quantitative estimate of drug-likeness (QED) is 0.869. The number of aromatic nitrogens is 1. The van der Waals surface area contributed by atoms with Crippen LogP contribution in [0, 0.1) is 0 Å². The van der Waals surface area contributed by atoms with Crippen molar-refractivity contribution in [3.05, 3.63) is 65.5 Å². The fourth-order valence-corrected chi connectivity index (χ4v) is 2.52. The van der Waals surface area contributed by atoms with Crippen molar-refractivity contribution >= 4 is 17.7 Å². The predicted octanol–water partition coefficient (Wildman–Crippen LogP) is 1.55. The first kappa shape index (κ1) is 14.9. The lowest BCUT2D eigenvalue weighted by atomic mass is 10.1. The molecule has 6 nitrogen and oxygen atoms in total. The molecule has 0 aliphatic carbocycles. The Balaban J connectivity index is 1.68. The first-order valence-corrected chi connectivity index (χ1v) is 7.23. The maximum atomic E-state index is 12.2. The number of imide groups is 1. The molecule has 3 rings (SSSR count). The van der Waals surface area contributed by atoms with Crippen molar-refractivity contribution in [2.75, 3.05) is 6.54 Å². The molecule has 1 atom stereocenters. The Morgan fingerprint density at radius 2 is 1.70 bits per heavy atom. The number of hydrogen-bond donors (Lipinski definition) is 1. The Kier molecular flexibility index (Phi) is 3.89. The number of rotatable bonds is 4. The lowest BCUT2D eigenvalue weighted by molar-refractivity contribution is -0.122. The second-order valence-corrected chi connectivity index (χ2v) is 5.29. The van der Waals surface area contributed by atoms with Gasteiger partial charge in [-0.3, -0.25) is 24.3 Å². The van der Waals surface area contributed by atoms with Crippen LogP contribution in [0.25, 0.3) is 0 Å². The average Bonchev–Trinajstić information content (AvgIpc) is 2.81. The third kappa shape index (κ3) is 2.83. The fraction of sp³-hybridized carbons (Fsp3) is 0.176. The van der Waals surface area contributed by atoms with E-state index in [0.717, 1.165) is 4.90 Å². The lowest BCUT2D eigenvalue weighted by Crippen LogP contribution is -2.41. The number of fused-ring (bicyclic) bond motifs is 1. The van der Waals surface area contributed by atoms with Crippen LogP contribution >= 0.6 is 0 Å². The number of carbonyl (C=O) groups is 3. The highest BCUT2D eigenvalue weighted by molar-refractivity contribution is 6.22. The summed E-state index contributed by atoms with van der Waals surface area (Å²) in [5.41, 5.74) is 1.38. The molecule has 0 spiro atoms. The highest BCUT2D eigenvalue weighted by atomic mass is 16.2. The van der Waals surface area contributed by atoms with Gasteiger partial charge in [0.25, 0.3) is 11.8 Å². The minimum atomic E-state index is -0.439. The normalized spacial score (nSPS) is 14.6. The molecule has 0 saturated heterocycles. The molecule has 23 heavy (non-hydrogen) atoms. The second kappa shape index (κ2) is 6.00. The van der Waals surface area contributed by atoms with Gasteiger partial charge in [0.1, 0.15) is 6.54 Å². The van der Waals surface area contributed by atoms with E-state index in [-0.39, 0.29) is 12.6 Å². The lowest BCUT2D eigenvalue weighted by Gasteiger charge is -2.17. The fourth-order valence-electron chi connectivity index (χ4n) is 2.52. The minimum absolute atomic E-state index is 0.302. The minimum Gasteiger partial charge on any atom is -0.346 e. The van der Waals surface area contributed by atoms with E-state index >= 15 is 0 Å². The monoisotopic (exact) mass is 309 g/mol. The number of nitrogens with zero attached hydrogens (tertiary/aromatic N) is 2. The number of nitrogens with one attached hydrogen (secondary N) is 1. The molecular weight excluding hydrogens is 294 g/mol. The summed E-state index contributed by atoms with van der Waals surface area (Å²) in [6.07, 6.45) is 1.64. The number of amides is 3. The molecule has 2 aromatic rings. The summed E-state index contributed by atoms with van der Waals surface area (Å²) in [5.74, 6) is -1.28. The third-order valence-electron chi connectivity index (χ3n) is 3.69. The molecule has 1 aliphatic heterocycles. The molecule has 1 aromatic heterocycles. The highest BCUT2D eigenvalue weighted by Crippen LogP contribution is 2.22. The number of pyridine rings is 1. The van der Waals surface area contributed by atoms with Gasteiger partial charge >= 0.3 is 0 Å². The van der Waals surface area contributed by atoms with E-state index in [0.29, 0.717) is 16.8 Å². The van der Waals surface area contributed by atoms with Crippen molar-refractivity contribution in [3.8, 4) is 0 Å². The van der Waals surface area contributed by atoms with Crippen LogP contribution in [0.5, 0.6) is 0 Å². The summed E-state index contributed by atoms with van der Waals surface area (Å²) in [7, 11) is 0. The molecule has 1 N–H and O–H groups in total. The van der Waals surface area contributed by atoms with Crippen LogP contribution in [0.2, 0.25) is 0 Å². The van der Waals surface area contributed by atoms with E-state index in [1.165, 1.54) is 0 Å². The van der Waals surface area contributed by atoms with E-state index in [4.69, 9.17) is 0 Å². The van der Waals surface area contributed by atoms with Crippen molar-refractivity contribution in [1.29, 1.82) is 0 Å². The number of hydrogen-bond acceptors (Lipinski definition) is 4. The predicted molar refractivity (Wildman–Crippen MR) is 82.6 cm³/mol. The second-order valence-electron chi connectivity index (χ2n) is 5.29. The zero-order valence-electron chi connectivity index (χ0n) is 12.5. The van der Waals surface area contributed by atoms with Gasteiger partial charge in [0, 0.05) is 6.20 Å². The first-order chi connectivity index (χ1) is 11.1. The Morgan fingerprint density at radius 1 is 1.09 bits per heavy atom. The van der Waals surface area contributed by atoms with E-state index in [2.05, 4.69) is 10.3 Å². The number of carbonyl (C=O) groups excluding carboxylic acids is 3. The molecule has 1 aliphatic rings. The maximum absolute atomic E-state index is 12.2. The average molecular weight is 309 g/mol. The van der Waals surface area contributed by atoms with Gasteiger partial charge in [0.2, 0.25) is 5.91 Å². The van der Waals surface area contributed by atoms with Gasteiger partial charge in [-0.25, -0.2) is 0 Å². The van der Waals surface area contributed by atoms with Crippen LogP contribution < -0.4 is 5.32 Å². The van der Waals surface area contributed by atoms with Crippen molar-refractivity contribution in [2.45, 2.75) is 13.0 Å². The third-order valence-corrected chi connectivity index (χ3v) is 3.69. The van der Waals surface area contributed by atoms with Crippen LogP contribution in [0.4, 0.5) is 0 Å². The largest absolute Gasteiger partial charge is 0.346 e. The topological polar surface area (TPSA) is 79.4 Å². The Morgan fingerprint density at radius 3 is 2.26 bits per heavy atom. The highest BCUT2D eigenvalue weighted by Gasteiger charge is 2.36. The van der Waals surface area contributed by atoms with Crippen molar-refractivity contribution in [1.82, 2.24) is 15.2 Å². The van der Waals surface area contributed by atoms with Crippen LogP contribution in [0.15, 0.2) is 48.7 Å². The van der Waals surface area contributed by atoms with Crippen molar-refractivity contribution in [2.24, 2.45) is 0 Å². The summed E-state index contributed by atoms with van der Waals surface area (Å²) in [6.45, 7) is 1.49. The summed E-state index contributed by atoms with van der Waals surface area (Å²) in [6, 6.07) is 11.7. The molecule has 1 aromatic carbocycles. The van der Waals surface area contributed by atoms with Gasteiger partial charge < -0.3 is 5.32 Å². The summed E-state index contributed by atoms with van der Waals surface area (Å²) in [4.78, 5) is 41.7. The Bertz CT molecular complexity index is 739. The standard InChI is InChI=1S/C17H15N3O3/c1-11(14-8-4-5-9-18-14)19-15(21)10-20-16(22)12-6-2-3-7-13(12)17(20)23/h2-9,11H,10H2,1H3,(H,19,21). The zero-order valence-corrected chi connectivity index (χ0v) is 12.5. The molecule has 116 valence electrons. The van der Waals surface area contributed by atoms with Gasteiger partial charge in [-0.2, -0.15) is 0 Å². The Hall–Kier alpha value is -3.02. The smallest absolute Gasteiger partial charge is 0.262 e. The van der Waals surface area contributed by atoms with Gasteiger partial charge in [0.15, 0.2) is 0 Å². The van der Waals surface area contributed by atoms with Gasteiger partial charge in [-0.15, -0.1) is 0 Å². The SMILES string of the molecule is CC(NC(=O)CN1C(=O)c2ccccc2C1=O)c1ccccn1. The van der Waals surface area contributed by atoms with E-state index in [1.807, 2.05) is 6.07 Å². The van der Waals surface area contributed by atoms with Gasteiger partial charge in [-0.05, 0) is 31.2 Å². The molecule has 0 radical (unpaired) electrons. The van der Waals surface area contributed by atoms with Crippen LogP contribution in [0.3, 0.4) is 0 Å². The van der Waals surface area contributed by atoms with Gasteiger partial charge in [-0.1, -0.05) is 18.2 Å². The molecule has 3 amide bonds. The summed E-state index contributed by atoms with van der Waals surface area (Å²) >= 11 is 0. The van der Waals surface area contributed by atoms with E-state index < -0.39 is 17.7 Å².